The molecular weight excluding hydrogens is 492 g/mol. The molecule has 1 aliphatic rings. The van der Waals surface area contributed by atoms with E-state index in [9.17, 15) is 29.1 Å². The van der Waals surface area contributed by atoms with Crippen LogP contribution in [0.5, 0.6) is 0 Å². The van der Waals surface area contributed by atoms with E-state index in [4.69, 9.17) is 4.74 Å². The van der Waals surface area contributed by atoms with E-state index in [1.165, 1.54) is 13.1 Å². The number of aromatic amines is 1. The Hall–Kier alpha value is -4.67. The van der Waals surface area contributed by atoms with E-state index < -0.39 is 48.4 Å². The van der Waals surface area contributed by atoms with Gasteiger partial charge in [0.05, 0.1) is 0 Å². The maximum absolute atomic E-state index is 12.8. The van der Waals surface area contributed by atoms with Crippen LogP contribution in [0, 0.1) is 6.92 Å². The molecular formula is C27H28N4O7. The predicted octanol–water partition coefficient (Wildman–Crippen LogP) is 1.69. The van der Waals surface area contributed by atoms with Gasteiger partial charge in [-0.1, -0.05) is 48.5 Å². The van der Waals surface area contributed by atoms with Crippen LogP contribution >= 0.6 is 0 Å². The minimum Gasteiger partial charge on any atom is -0.480 e. The largest absolute Gasteiger partial charge is 0.480 e. The number of alkyl carbamates (subject to hydrolysis) is 1. The van der Waals surface area contributed by atoms with Crippen molar-refractivity contribution in [2.75, 3.05) is 19.7 Å². The molecule has 4 rings (SSSR count). The van der Waals surface area contributed by atoms with Crippen molar-refractivity contribution >= 4 is 18.0 Å². The van der Waals surface area contributed by atoms with Crippen molar-refractivity contribution in [2.45, 2.75) is 32.4 Å². The first-order valence-corrected chi connectivity index (χ1v) is 12.1. The summed E-state index contributed by atoms with van der Waals surface area (Å²) in [6.45, 7) is 1.97. The average molecular weight is 521 g/mol. The maximum Gasteiger partial charge on any atom is 0.407 e. The van der Waals surface area contributed by atoms with Crippen LogP contribution in [-0.2, 0) is 20.9 Å². The maximum atomic E-state index is 12.8. The number of ether oxygens (including phenoxy) is 1. The van der Waals surface area contributed by atoms with Crippen LogP contribution in [0.1, 0.15) is 29.5 Å². The van der Waals surface area contributed by atoms with E-state index in [1.807, 2.05) is 48.5 Å². The first kappa shape index (κ1) is 26.4. The summed E-state index contributed by atoms with van der Waals surface area (Å²) < 4.78 is 6.52. The molecule has 11 nitrogen and oxygen atoms in total. The van der Waals surface area contributed by atoms with Gasteiger partial charge in [0.1, 0.15) is 19.7 Å². The van der Waals surface area contributed by atoms with Crippen molar-refractivity contribution in [3.63, 3.8) is 0 Å². The van der Waals surface area contributed by atoms with Crippen LogP contribution in [0.4, 0.5) is 4.79 Å². The van der Waals surface area contributed by atoms with Crippen LogP contribution in [0.3, 0.4) is 0 Å². The topological polar surface area (TPSA) is 151 Å². The SMILES string of the molecule is Cc1cn(CC(=O)N(CC(=O)O)C[C@H](C)NC(=O)OCC2c3ccccc3-c3ccccc32)c(=O)[nH]c1=O. The number of amides is 2. The molecule has 1 atom stereocenters. The first-order chi connectivity index (χ1) is 18.1. The van der Waals surface area contributed by atoms with Crippen LogP contribution in [-0.4, -0.2) is 63.3 Å². The zero-order chi connectivity index (χ0) is 27.4. The lowest BCUT2D eigenvalue weighted by molar-refractivity contribution is -0.144. The summed E-state index contributed by atoms with van der Waals surface area (Å²) in [7, 11) is 0. The third-order valence-corrected chi connectivity index (χ3v) is 6.38. The van der Waals surface area contributed by atoms with Gasteiger partial charge >= 0.3 is 17.8 Å². The van der Waals surface area contributed by atoms with E-state index in [-0.39, 0.29) is 24.6 Å². The molecule has 0 unspecified atom stereocenters. The Balaban J connectivity index is 1.37. The number of carbonyl (C=O) groups excluding carboxylic acids is 2. The van der Waals surface area contributed by atoms with Gasteiger partial charge in [-0.25, -0.2) is 9.59 Å². The van der Waals surface area contributed by atoms with Gasteiger partial charge in [0.2, 0.25) is 5.91 Å². The molecule has 2 amide bonds. The monoisotopic (exact) mass is 520 g/mol. The van der Waals surface area contributed by atoms with Crippen LogP contribution in [0.2, 0.25) is 0 Å². The van der Waals surface area contributed by atoms with E-state index in [1.54, 1.807) is 6.92 Å². The Kier molecular flexibility index (Phi) is 7.75. The normalized spacial score (nSPS) is 12.8. The molecule has 0 saturated carbocycles. The number of aromatic nitrogens is 2. The van der Waals surface area contributed by atoms with Crippen molar-refractivity contribution in [1.29, 1.82) is 0 Å². The summed E-state index contributed by atoms with van der Waals surface area (Å²) in [6, 6.07) is 15.2. The number of H-pyrrole nitrogens is 1. The van der Waals surface area contributed by atoms with Crippen molar-refractivity contribution in [3.05, 3.63) is 92.3 Å². The number of carboxylic acids is 1. The minimum atomic E-state index is -1.25. The Bertz CT molecular complexity index is 1450. The summed E-state index contributed by atoms with van der Waals surface area (Å²) in [4.78, 5) is 63.5. The quantitative estimate of drug-likeness (QED) is 0.388. The number of rotatable bonds is 9. The summed E-state index contributed by atoms with van der Waals surface area (Å²) in [5.74, 6) is -2.04. The molecule has 38 heavy (non-hydrogen) atoms. The fraction of sp³-hybridized carbons (Fsp3) is 0.296. The number of aliphatic carboxylic acids is 1. The van der Waals surface area contributed by atoms with E-state index in [0.717, 1.165) is 31.7 Å². The first-order valence-electron chi connectivity index (χ1n) is 12.1. The highest BCUT2D eigenvalue weighted by atomic mass is 16.5. The molecule has 0 aliphatic heterocycles. The van der Waals surface area contributed by atoms with Crippen LogP contribution in [0.25, 0.3) is 11.1 Å². The van der Waals surface area contributed by atoms with Crippen molar-refractivity contribution < 1.29 is 24.2 Å². The van der Waals surface area contributed by atoms with Gasteiger partial charge in [-0.3, -0.25) is 23.9 Å². The minimum absolute atomic E-state index is 0.110. The van der Waals surface area contributed by atoms with Crippen molar-refractivity contribution in [2.24, 2.45) is 0 Å². The summed E-state index contributed by atoms with van der Waals surface area (Å²) >= 11 is 0. The molecule has 1 aliphatic carbocycles. The van der Waals surface area contributed by atoms with Crippen molar-refractivity contribution in [3.8, 4) is 11.1 Å². The Labute approximate surface area is 217 Å². The van der Waals surface area contributed by atoms with Crippen LogP contribution < -0.4 is 16.6 Å². The zero-order valence-electron chi connectivity index (χ0n) is 21.0. The second-order valence-electron chi connectivity index (χ2n) is 9.24. The number of hydrogen-bond acceptors (Lipinski definition) is 6. The molecule has 0 bridgehead atoms. The van der Waals surface area contributed by atoms with Gasteiger partial charge in [0.25, 0.3) is 5.56 Å². The lowest BCUT2D eigenvalue weighted by atomic mass is 9.98. The molecule has 0 spiro atoms. The van der Waals surface area contributed by atoms with Gasteiger partial charge in [-0.05, 0) is 36.1 Å². The number of hydrogen-bond donors (Lipinski definition) is 3. The second kappa shape index (κ2) is 11.2. The highest BCUT2D eigenvalue weighted by molar-refractivity contribution is 5.81. The molecule has 198 valence electrons. The van der Waals surface area contributed by atoms with Crippen LogP contribution in [0.15, 0.2) is 64.3 Å². The van der Waals surface area contributed by atoms with E-state index >= 15 is 0 Å². The molecule has 1 heterocycles. The van der Waals surface area contributed by atoms with Gasteiger partial charge < -0.3 is 20.1 Å². The smallest absolute Gasteiger partial charge is 0.407 e. The third-order valence-electron chi connectivity index (χ3n) is 6.38. The van der Waals surface area contributed by atoms with Gasteiger partial charge in [0, 0.05) is 30.3 Å². The summed E-state index contributed by atoms with van der Waals surface area (Å²) in [6.07, 6.45) is 0.533. The highest BCUT2D eigenvalue weighted by Crippen LogP contribution is 2.44. The predicted molar refractivity (Wildman–Crippen MR) is 138 cm³/mol. The number of carbonyl (C=O) groups is 3. The van der Waals surface area contributed by atoms with Gasteiger partial charge in [0.15, 0.2) is 0 Å². The lowest BCUT2D eigenvalue weighted by Gasteiger charge is -2.25. The Morgan fingerprint density at radius 1 is 1.08 bits per heavy atom. The van der Waals surface area contributed by atoms with Crippen molar-refractivity contribution in [1.82, 2.24) is 19.8 Å². The highest BCUT2D eigenvalue weighted by Gasteiger charge is 2.29. The van der Waals surface area contributed by atoms with E-state index in [0.29, 0.717) is 0 Å². The third kappa shape index (κ3) is 5.83. The number of nitrogens with one attached hydrogen (secondary N) is 2. The zero-order valence-corrected chi connectivity index (χ0v) is 21.0. The van der Waals surface area contributed by atoms with Gasteiger partial charge in [-0.2, -0.15) is 0 Å². The summed E-state index contributed by atoms with van der Waals surface area (Å²) in [5, 5.41) is 11.9. The molecule has 0 saturated heterocycles. The molecule has 3 N–H and O–H groups in total. The number of carboxylic acid groups (broad SMARTS) is 1. The number of fused-ring (bicyclic) bond motifs is 3. The van der Waals surface area contributed by atoms with E-state index in [2.05, 4.69) is 10.3 Å². The number of benzene rings is 2. The number of nitrogens with zero attached hydrogens (tertiary/aromatic N) is 2. The summed E-state index contributed by atoms with van der Waals surface area (Å²) in [5.41, 5.74) is 3.22. The fourth-order valence-electron chi connectivity index (χ4n) is 4.62. The molecule has 2 aromatic carbocycles. The lowest BCUT2D eigenvalue weighted by Crippen LogP contribution is -2.48. The Morgan fingerprint density at radius 2 is 1.68 bits per heavy atom. The molecule has 11 heteroatoms. The fourth-order valence-corrected chi connectivity index (χ4v) is 4.62. The standard InChI is InChI=1S/C27H28N4O7/c1-16-11-31(26(36)29-25(16)35)13-23(32)30(14-24(33)34)12-17(2)28-27(37)38-15-22-20-9-5-3-7-18(20)19-8-4-6-10-21(19)22/h3-11,17,22H,12-15H2,1-2H3,(H,28,37)(H,33,34)(H,29,35,36)/t17-/m0/s1. The average Bonchev–Trinajstić information content (AvgIpc) is 3.19. The molecule has 0 radical (unpaired) electrons. The number of aryl methyl sites for hydroxylation is 1. The van der Waals surface area contributed by atoms with Gasteiger partial charge in [-0.15, -0.1) is 0 Å². The molecule has 1 aromatic heterocycles. The Morgan fingerprint density at radius 3 is 2.29 bits per heavy atom. The molecule has 3 aromatic rings. The second-order valence-corrected chi connectivity index (χ2v) is 9.24. The molecule has 0 fully saturated rings.